The zero-order valence-electron chi connectivity index (χ0n) is 11.1. The van der Waals surface area contributed by atoms with Gasteiger partial charge in [0.1, 0.15) is 0 Å². The molecule has 1 fully saturated rings. The van der Waals surface area contributed by atoms with Crippen molar-refractivity contribution < 1.29 is 26.0 Å². The van der Waals surface area contributed by atoms with Crippen molar-refractivity contribution in [1.82, 2.24) is 4.31 Å². The molecule has 1 aliphatic heterocycles. The van der Waals surface area contributed by atoms with Crippen LogP contribution in [0.25, 0.3) is 0 Å². The highest BCUT2D eigenvalue weighted by molar-refractivity contribution is 7.89. The van der Waals surface area contributed by atoms with Crippen LogP contribution in [0.5, 0.6) is 0 Å². The van der Waals surface area contributed by atoms with Crippen molar-refractivity contribution in [2.75, 3.05) is 13.1 Å². The molecule has 1 heterocycles. The van der Waals surface area contributed by atoms with Crippen molar-refractivity contribution in [3.05, 3.63) is 29.3 Å². The number of rotatable bonds is 3. The first-order chi connectivity index (χ1) is 9.66. The van der Waals surface area contributed by atoms with Crippen LogP contribution in [0.3, 0.4) is 0 Å². The van der Waals surface area contributed by atoms with Crippen molar-refractivity contribution >= 4 is 10.0 Å². The second kappa shape index (κ2) is 5.54. The fourth-order valence-corrected chi connectivity index (χ4v) is 3.95. The molecule has 118 valence electrons. The molecule has 2 N–H and O–H groups in total. The third-order valence-corrected chi connectivity index (χ3v) is 5.49. The van der Waals surface area contributed by atoms with Gasteiger partial charge < -0.3 is 5.73 Å². The highest BCUT2D eigenvalue weighted by Gasteiger charge is 2.39. The largest absolute Gasteiger partial charge is 0.328 e. The highest BCUT2D eigenvalue weighted by atomic mass is 32.2. The average Bonchev–Trinajstić information content (AvgIpc) is 2.87. The molecule has 0 bridgehead atoms. The van der Waals surface area contributed by atoms with Gasteiger partial charge in [0.05, 0.1) is 0 Å². The van der Waals surface area contributed by atoms with E-state index in [9.17, 15) is 26.0 Å². The molecule has 0 radical (unpaired) electrons. The molecule has 1 aromatic carbocycles. The molecule has 2 rings (SSSR count). The average molecular weight is 326 g/mol. The predicted molar refractivity (Wildman–Crippen MR) is 66.8 cm³/mol. The van der Waals surface area contributed by atoms with E-state index in [0.29, 0.717) is 6.42 Å². The standard InChI is InChI=1S/C12H14F4N2O2S/c1-6(17)7-2-3-18(5-7)21(19,20)12-10(15)8(13)4-9(14)11(12)16/h4,6-7H,2-3,5,17H2,1H3. The van der Waals surface area contributed by atoms with Gasteiger partial charge in [0, 0.05) is 25.2 Å². The summed E-state index contributed by atoms with van der Waals surface area (Å²) in [6.45, 7) is 1.63. The molecule has 1 saturated heterocycles. The molecule has 0 saturated carbocycles. The lowest BCUT2D eigenvalue weighted by atomic mass is 10.0. The lowest BCUT2D eigenvalue weighted by Gasteiger charge is -2.19. The van der Waals surface area contributed by atoms with Gasteiger partial charge in [-0.2, -0.15) is 4.31 Å². The lowest BCUT2D eigenvalue weighted by Crippen LogP contribution is -2.34. The van der Waals surface area contributed by atoms with E-state index in [1.807, 2.05) is 0 Å². The smallest absolute Gasteiger partial charge is 0.249 e. The number of nitrogens with zero attached hydrogens (tertiary/aromatic N) is 1. The van der Waals surface area contributed by atoms with Crippen molar-refractivity contribution in [1.29, 1.82) is 0 Å². The van der Waals surface area contributed by atoms with E-state index in [0.717, 1.165) is 4.31 Å². The second-order valence-corrected chi connectivity index (χ2v) is 6.94. The zero-order chi connectivity index (χ0) is 15.9. The molecule has 0 aromatic heterocycles. The van der Waals surface area contributed by atoms with Gasteiger partial charge in [0.25, 0.3) is 0 Å². The van der Waals surface area contributed by atoms with Crippen molar-refractivity contribution in [3.63, 3.8) is 0 Å². The van der Waals surface area contributed by atoms with Crippen LogP contribution >= 0.6 is 0 Å². The van der Waals surface area contributed by atoms with Crippen molar-refractivity contribution in [3.8, 4) is 0 Å². The van der Waals surface area contributed by atoms with Crippen LogP contribution in [-0.4, -0.2) is 31.9 Å². The molecule has 0 amide bonds. The monoisotopic (exact) mass is 326 g/mol. The fourth-order valence-electron chi connectivity index (χ4n) is 2.31. The summed E-state index contributed by atoms with van der Waals surface area (Å²) >= 11 is 0. The van der Waals surface area contributed by atoms with Crippen LogP contribution in [0.15, 0.2) is 11.0 Å². The number of halogens is 4. The van der Waals surface area contributed by atoms with E-state index < -0.39 is 38.2 Å². The third-order valence-electron chi connectivity index (χ3n) is 3.60. The molecule has 21 heavy (non-hydrogen) atoms. The van der Waals surface area contributed by atoms with E-state index in [4.69, 9.17) is 5.73 Å². The molecule has 0 spiro atoms. The maximum absolute atomic E-state index is 13.6. The Morgan fingerprint density at radius 3 is 2.19 bits per heavy atom. The molecule has 9 heteroatoms. The minimum Gasteiger partial charge on any atom is -0.328 e. The van der Waals surface area contributed by atoms with Crippen LogP contribution < -0.4 is 5.73 Å². The Hall–Kier alpha value is -1.19. The van der Waals surface area contributed by atoms with Crippen LogP contribution in [0, 0.1) is 29.2 Å². The van der Waals surface area contributed by atoms with E-state index >= 15 is 0 Å². The van der Waals surface area contributed by atoms with Gasteiger partial charge in [-0.15, -0.1) is 0 Å². The molecular weight excluding hydrogens is 312 g/mol. The summed E-state index contributed by atoms with van der Waals surface area (Å²) in [6, 6.07) is -0.331. The second-order valence-electron chi connectivity index (χ2n) is 5.07. The van der Waals surface area contributed by atoms with Crippen molar-refractivity contribution in [2.45, 2.75) is 24.3 Å². The normalized spacial score (nSPS) is 21.7. The van der Waals surface area contributed by atoms with Crippen LogP contribution in [0.2, 0.25) is 0 Å². The molecule has 0 aliphatic carbocycles. The third kappa shape index (κ3) is 2.77. The summed E-state index contributed by atoms with van der Waals surface area (Å²) in [6.07, 6.45) is 0.415. The summed E-state index contributed by atoms with van der Waals surface area (Å²) in [5.41, 5.74) is 5.66. The Labute approximate surface area is 119 Å². The summed E-state index contributed by atoms with van der Waals surface area (Å²) < 4.78 is 78.8. The van der Waals surface area contributed by atoms with Gasteiger partial charge in [0.2, 0.25) is 10.0 Å². The lowest BCUT2D eigenvalue weighted by molar-refractivity contribution is 0.397. The first-order valence-corrected chi connectivity index (χ1v) is 7.69. The predicted octanol–water partition coefficient (Wildman–Crippen LogP) is 1.60. The van der Waals surface area contributed by atoms with Gasteiger partial charge in [-0.3, -0.25) is 0 Å². The number of hydrogen-bond acceptors (Lipinski definition) is 3. The Morgan fingerprint density at radius 1 is 1.24 bits per heavy atom. The Balaban J connectivity index is 2.47. The minimum absolute atomic E-state index is 0.00838. The number of nitrogens with two attached hydrogens (primary N) is 1. The fraction of sp³-hybridized carbons (Fsp3) is 0.500. The van der Waals surface area contributed by atoms with E-state index in [-0.39, 0.29) is 31.1 Å². The zero-order valence-corrected chi connectivity index (χ0v) is 11.9. The SMILES string of the molecule is CC(N)C1CCN(S(=O)(=O)c2c(F)c(F)cc(F)c2F)C1. The number of sulfonamides is 1. The topological polar surface area (TPSA) is 63.4 Å². The van der Waals surface area contributed by atoms with Gasteiger partial charge in [-0.05, 0) is 19.3 Å². The van der Waals surface area contributed by atoms with Crippen LogP contribution in [0.4, 0.5) is 17.6 Å². The molecule has 1 aliphatic rings. The first-order valence-electron chi connectivity index (χ1n) is 6.25. The van der Waals surface area contributed by atoms with Gasteiger partial charge in [-0.1, -0.05) is 0 Å². The maximum atomic E-state index is 13.6. The molecule has 2 atom stereocenters. The summed E-state index contributed by atoms with van der Waals surface area (Å²) in [4.78, 5) is -1.59. The van der Waals surface area contributed by atoms with Crippen molar-refractivity contribution in [2.24, 2.45) is 11.7 Å². The Bertz CT molecular complexity index is 637. The molecule has 1 aromatic rings. The number of hydrogen-bond donors (Lipinski definition) is 1. The van der Waals surface area contributed by atoms with Crippen LogP contribution in [0.1, 0.15) is 13.3 Å². The van der Waals surface area contributed by atoms with Gasteiger partial charge >= 0.3 is 0 Å². The first kappa shape index (κ1) is 16.2. The summed E-state index contributed by atoms with van der Waals surface area (Å²) in [7, 11) is -4.66. The Kier molecular flexibility index (Phi) is 4.27. The van der Waals surface area contributed by atoms with Crippen LogP contribution in [-0.2, 0) is 10.0 Å². The molecular formula is C12H14F4N2O2S. The maximum Gasteiger partial charge on any atom is 0.249 e. The molecule has 4 nitrogen and oxygen atoms in total. The summed E-state index contributed by atoms with van der Waals surface area (Å²) in [5, 5.41) is 0. The Morgan fingerprint density at radius 2 is 1.76 bits per heavy atom. The van der Waals surface area contributed by atoms with Gasteiger partial charge in [-0.25, -0.2) is 26.0 Å². The number of benzene rings is 1. The highest BCUT2D eigenvalue weighted by Crippen LogP contribution is 2.30. The van der Waals surface area contributed by atoms with E-state index in [1.165, 1.54) is 0 Å². The summed E-state index contributed by atoms with van der Waals surface area (Å²) in [5.74, 6) is -7.52. The van der Waals surface area contributed by atoms with Gasteiger partial charge in [0.15, 0.2) is 28.2 Å². The van der Waals surface area contributed by atoms with E-state index in [2.05, 4.69) is 0 Å². The van der Waals surface area contributed by atoms with E-state index in [1.54, 1.807) is 6.92 Å². The molecule has 2 unspecified atom stereocenters. The minimum atomic E-state index is -4.66. The quantitative estimate of drug-likeness (QED) is 0.678.